The average Bonchev–Trinajstić information content (AvgIpc) is 2.83. The van der Waals surface area contributed by atoms with Gasteiger partial charge in [0, 0.05) is 24.3 Å². The Balaban J connectivity index is 1.76. The van der Waals surface area contributed by atoms with E-state index in [4.69, 9.17) is 18.0 Å². The Morgan fingerprint density at radius 3 is 2.47 bits per heavy atom. The quantitative estimate of drug-likeness (QED) is 0.781. The minimum Gasteiger partial charge on any atom is -0.389 e. The van der Waals surface area contributed by atoms with Gasteiger partial charge in [-0.3, -0.25) is 0 Å². The molecule has 17 heavy (non-hydrogen) atoms. The molecule has 0 aromatic heterocycles. The Hall–Kier alpha value is -1.13. The highest BCUT2D eigenvalue weighted by Crippen LogP contribution is 2.10. The molecule has 3 N–H and O–H groups in total. The first-order valence-electron chi connectivity index (χ1n) is 6.12. The molecule has 3 nitrogen and oxygen atoms in total. The van der Waals surface area contributed by atoms with Crippen molar-refractivity contribution in [1.82, 2.24) is 4.90 Å². The van der Waals surface area contributed by atoms with E-state index in [0.717, 1.165) is 24.3 Å². The van der Waals surface area contributed by atoms with E-state index in [9.17, 15) is 0 Å². The van der Waals surface area contributed by atoms with Crippen LogP contribution in [0.3, 0.4) is 0 Å². The maximum Gasteiger partial charge on any atom is 0.103 e. The lowest BCUT2D eigenvalue weighted by atomic mass is 10.2. The van der Waals surface area contributed by atoms with E-state index in [-0.39, 0.29) is 0 Å². The van der Waals surface area contributed by atoms with Crippen LogP contribution in [0, 0.1) is 0 Å². The minimum absolute atomic E-state index is 0.452. The highest BCUT2D eigenvalue weighted by molar-refractivity contribution is 7.80. The molecule has 0 spiro atoms. The second-order valence-corrected chi connectivity index (χ2v) is 4.86. The number of benzene rings is 1. The monoisotopic (exact) mass is 249 g/mol. The molecule has 1 aromatic carbocycles. The average molecular weight is 249 g/mol. The Kier molecular flexibility index (Phi) is 4.34. The lowest BCUT2D eigenvalue weighted by Gasteiger charge is -2.15. The number of anilines is 1. The summed E-state index contributed by atoms with van der Waals surface area (Å²) in [6, 6.07) is 7.97. The van der Waals surface area contributed by atoms with Gasteiger partial charge in [-0.1, -0.05) is 12.2 Å². The fourth-order valence-electron chi connectivity index (χ4n) is 2.12. The molecule has 0 saturated carbocycles. The van der Waals surface area contributed by atoms with E-state index >= 15 is 0 Å². The second-order valence-electron chi connectivity index (χ2n) is 4.42. The third-order valence-electron chi connectivity index (χ3n) is 3.13. The van der Waals surface area contributed by atoms with E-state index in [0.29, 0.717) is 4.99 Å². The van der Waals surface area contributed by atoms with E-state index in [1.54, 1.807) is 0 Å². The number of thiocarbonyl (C=S) groups is 1. The predicted molar refractivity (Wildman–Crippen MR) is 76.5 cm³/mol. The summed E-state index contributed by atoms with van der Waals surface area (Å²) in [5.74, 6) is 0. The molecule has 1 saturated heterocycles. The first-order chi connectivity index (χ1) is 8.25. The topological polar surface area (TPSA) is 41.3 Å². The summed E-state index contributed by atoms with van der Waals surface area (Å²) in [4.78, 5) is 2.95. The first-order valence-corrected chi connectivity index (χ1v) is 6.52. The van der Waals surface area contributed by atoms with Crippen molar-refractivity contribution >= 4 is 22.9 Å². The fourth-order valence-corrected chi connectivity index (χ4v) is 2.25. The van der Waals surface area contributed by atoms with Gasteiger partial charge in [0.05, 0.1) is 0 Å². The van der Waals surface area contributed by atoms with E-state index in [2.05, 4.69) is 10.2 Å². The van der Waals surface area contributed by atoms with Gasteiger partial charge in [-0.05, 0) is 50.2 Å². The second kappa shape index (κ2) is 5.98. The molecular formula is C13H19N3S. The number of hydrogen-bond donors (Lipinski definition) is 2. The summed E-state index contributed by atoms with van der Waals surface area (Å²) in [6.07, 6.45) is 2.70. The molecule has 4 heteroatoms. The van der Waals surface area contributed by atoms with Crippen LogP contribution >= 0.6 is 12.2 Å². The number of rotatable bonds is 5. The van der Waals surface area contributed by atoms with Crippen LogP contribution in [0.2, 0.25) is 0 Å². The van der Waals surface area contributed by atoms with Crippen LogP contribution in [0.15, 0.2) is 24.3 Å². The maximum absolute atomic E-state index is 5.55. The van der Waals surface area contributed by atoms with Crippen molar-refractivity contribution in [1.29, 1.82) is 0 Å². The molecule has 92 valence electrons. The molecule has 0 radical (unpaired) electrons. The summed E-state index contributed by atoms with van der Waals surface area (Å²) < 4.78 is 0. The van der Waals surface area contributed by atoms with Crippen LogP contribution in [0.5, 0.6) is 0 Å². The molecular weight excluding hydrogens is 230 g/mol. The molecule has 0 amide bonds. The molecule has 1 heterocycles. The maximum atomic E-state index is 5.55. The molecule has 2 rings (SSSR count). The van der Waals surface area contributed by atoms with Gasteiger partial charge in [0.15, 0.2) is 0 Å². The van der Waals surface area contributed by atoms with Gasteiger partial charge in [0.2, 0.25) is 0 Å². The predicted octanol–water partition coefficient (Wildman–Crippen LogP) is 1.83. The smallest absolute Gasteiger partial charge is 0.103 e. The van der Waals surface area contributed by atoms with Crippen molar-refractivity contribution in [2.75, 3.05) is 31.5 Å². The van der Waals surface area contributed by atoms with Crippen LogP contribution in [0.4, 0.5) is 5.69 Å². The van der Waals surface area contributed by atoms with E-state index in [1.165, 1.54) is 25.9 Å². The molecule has 0 unspecified atom stereocenters. The third-order valence-corrected chi connectivity index (χ3v) is 3.36. The Labute approximate surface area is 108 Å². The number of hydrogen-bond acceptors (Lipinski definition) is 3. The molecule has 1 aliphatic heterocycles. The standard InChI is InChI=1S/C13H19N3S/c14-13(17)11-3-5-12(6-4-11)15-7-10-16-8-1-2-9-16/h3-6,15H,1-2,7-10H2,(H2,14,17). The van der Waals surface area contributed by atoms with Crippen LogP contribution in [0.1, 0.15) is 18.4 Å². The molecule has 1 aliphatic rings. The SMILES string of the molecule is NC(=S)c1ccc(NCCN2CCCC2)cc1. The van der Waals surface area contributed by atoms with Gasteiger partial charge in [-0.25, -0.2) is 0 Å². The summed E-state index contributed by atoms with van der Waals surface area (Å²) in [5, 5.41) is 3.41. The van der Waals surface area contributed by atoms with Crippen molar-refractivity contribution in [3.8, 4) is 0 Å². The van der Waals surface area contributed by atoms with Crippen LogP contribution in [0.25, 0.3) is 0 Å². The summed E-state index contributed by atoms with van der Waals surface area (Å²) >= 11 is 4.92. The molecule has 1 aromatic rings. The van der Waals surface area contributed by atoms with Crippen molar-refractivity contribution in [3.63, 3.8) is 0 Å². The summed E-state index contributed by atoms with van der Waals surface area (Å²) in [7, 11) is 0. The van der Waals surface area contributed by atoms with Gasteiger partial charge in [-0.15, -0.1) is 0 Å². The number of likely N-dealkylation sites (tertiary alicyclic amines) is 1. The molecule has 1 fully saturated rings. The molecule has 0 atom stereocenters. The van der Waals surface area contributed by atoms with Gasteiger partial charge in [0.25, 0.3) is 0 Å². The Morgan fingerprint density at radius 2 is 1.88 bits per heavy atom. The number of nitrogens with zero attached hydrogens (tertiary/aromatic N) is 1. The minimum atomic E-state index is 0.452. The van der Waals surface area contributed by atoms with Crippen molar-refractivity contribution in [3.05, 3.63) is 29.8 Å². The first kappa shape index (κ1) is 12.3. The summed E-state index contributed by atoms with van der Waals surface area (Å²) in [6.45, 7) is 4.62. The zero-order chi connectivity index (χ0) is 12.1. The van der Waals surface area contributed by atoms with Gasteiger partial charge in [-0.2, -0.15) is 0 Å². The van der Waals surface area contributed by atoms with Crippen molar-refractivity contribution < 1.29 is 0 Å². The van der Waals surface area contributed by atoms with Crippen LogP contribution < -0.4 is 11.1 Å². The van der Waals surface area contributed by atoms with E-state index in [1.807, 2.05) is 24.3 Å². The van der Waals surface area contributed by atoms with Crippen molar-refractivity contribution in [2.24, 2.45) is 5.73 Å². The largest absolute Gasteiger partial charge is 0.389 e. The fraction of sp³-hybridized carbons (Fsp3) is 0.462. The third kappa shape index (κ3) is 3.68. The van der Waals surface area contributed by atoms with Gasteiger partial charge >= 0.3 is 0 Å². The summed E-state index contributed by atoms with van der Waals surface area (Å²) in [5.41, 5.74) is 7.60. The highest BCUT2D eigenvalue weighted by atomic mass is 32.1. The molecule has 0 bridgehead atoms. The number of nitrogens with two attached hydrogens (primary N) is 1. The van der Waals surface area contributed by atoms with E-state index < -0.39 is 0 Å². The van der Waals surface area contributed by atoms with Crippen LogP contribution in [-0.2, 0) is 0 Å². The lowest BCUT2D eigenvalue weighted by molar-refractivity contribution is 0.352. The molecule has 0 aliphatic carbocycles. The highest BCUT2D eigenvalue weighted by Gasteiger charge is 2.09. The van der Waals surface area contributed by atoms with Crippen molar-refractivity contribution in [2.45, 2.75) is 12.8 Å². The van der Waals surface area contributed by atoms with Gasteiger partial charge in [0.1, 0.15) is 4.99 Å². The Bertz CT molecular complexity index is 369. The zero-order valence-corrected chi connectivity index (χ0v) is 10.8. The Morgan fingerprint density at radius 1 is 1.24 bits per heavy atom. The van der Waals surface area contributed by atoms with Crippen LogP contribution in [-0.4, -0.2) is 36.1 Å². The zero-order valence-electron chi connectivity index (χ0n) is 9.98. The number of nitrogens with one attached hydrogen (secondary N) is 1. The lowest BCUT2D eigenvalue weighted by Crippen LogP contribution is -2.25. The van der Waals surface area contributed by atoms with Gasteiger partial charge < -0.3 is 16.0 Å². The normalized spacial score (nSPS) is 16.0.